The quantitative estimate of drug-likeness (QED) is 0.249. The van der Waals surface area contributed by atoms with Crippen molar-refractivity contribution in [3.05, 3.63) is 64.7 Å². The van der Waals surface area contributed by atoms with Gasteiger partial charge in [-0.05, 0) is 73.8 Å². The second-order valence-electron chi connectivity index (χ2n) is 10.6. The predicted molar refractivity (Wildman–Crippen MR) is 148 cm³/mol. The molecular weight excluding hydrogens is 480 g/mol. The SMILES string of the molecule is CCN(CC)CCN1C(=O)C(=O)C(=C(O)c2ccc3c(c2)C[C@@H](C)O3)[C@@H]1c1cccc(OCCC(C)C)c1. The van der Waals surface area contributed by atoms with Crippen molar-refractivity contribution in [3.8, 4) is 11.5 Å². The fraction of sp³-hybridized carbons (Fsp3) is 0.484. The number of amides is 1. The highest BCUT2D eigenvalue weighted by molar-refractivity contribution is 6.46. The zero-order chi connectivity index (χ0) is 27.4. The largest absolute Gasteiger partial charge is 0.507 e. The van der Waals surface area contributed by atoms with E-state index in [4.69, 9.17) is 9.47 Å². The summed E-state index contributed by atoms with van der Waals surface area (Å²) in [7, 11) is 0. The molecule has 7 heteroatoms. The van der Waals surface area contributed by atoms with E-state index in [1.807, 2.05) is 43.3 Å². The van der Waals surface area contributed by atoms with Crippen LogP contribution in [0.2, 0.25) is 0 Å². The first-order valence-electron chi connectivity index (χ1n) is 13.8. The van der Waals surface area contributed by atoms with E-state index in [9.17, 15) is 14.7 Å². The van der Waals surface area contributed by atoms with Crippen LogP contribution in [0, 0.1) is 5.92 Å². The smallest absolute Gasteiger partial charge is 0.295 e. The Labute approximate surface area is 226 Å². The minimum atomic E-state index is -0.706. The van der Waals surface area contributed by atoms with Gasteiger partial charge < -0.3 is 24.4 Å². The number of fused-ring (bicyclic) bond motifs is 1. The average molecular weight is 521 g/mol. The summed E-state index contributed by atoms with van der Waals surface area (Å²) in [5, 5.41) is 11.5. The van der Waals surface area contributed by atoms with E-state index in [2.05, 4.69) is 32.6 Å². The molecule has 1 fully saturated rings. The number of carbonyl (C=O) groups is 2. The normalized spacial score (nSPS) is 20.3. The molecule has 1 N–H and O–H groups in total. The molecule has 1 amide bonds. The molecule has 2 atom stereocenters. The minimum absolute atomic E-state index is 0.0616. The molecule has 0 aliphatic carbocycles. The Bertz CT molecular complexity index is 1200. The summed E-state index contributed by atoms with van der Waals surface area (Å²) in [5.41, 5.74) is 2.35. The van der Waals surface area contributed by atoms with Gasteiger partial charge in [0.2, 0.25) is 0 Å². The number of nitrogens with zero attached hydrogens (tertiary/aromatic N) is 2. The monoisotopic (exact) mass is 520 g/mol. The first kappa shape index (κ1) is 27.7. The number of ether oxygens (including phenoxy) is 2. The summed E-state index contributed by atoms with van der Waals surface area (Å²) in [6, 6.07) is 12.3. The third-order valence-electron chi connectivity index (χ3n) is 7.40. The number of Topliss-reactive ketones (excluding diaryl/α,β-unsaturated/α-hetero) is 1. The third kappa shape index (κ3) is 5.88. The highest BCUT2D eigenvalue weighted by atomic mass is 16.5. The first-order valence-corrected chi connectivity index (χ1v) is 13.8. The highest BCUT2D eigenvalue weighted by Gasteiger charge is 2.46. The maximum atomic E-state index is 13.4. The number of hydrogen-bond donors (Lipinski definition) is 1. The van der Waals surface area contributed by atoms with E-state index in [0.29, 0.717) is 36.9 Å². The Kier molecular flexibility index (Phi) is 8.77. The van der Waals surface area contributed by atoms with Crippen molar-refractivity contribution in [1.29, 1.82) is 0 Å². The Morgan fingerprint density at radius 2 is 1.92 bits per heavy atom. The van der Waals surface area contributed by atoms with Crippen LogP contribution < -0.4 is 9.47 Å². The summed E-state index contributed by atoms with van der Waals surface area (Å²) in [6.45, 7) is 13.7. The number of carbonyl (C=O) groups excluding carboxylic acids is 2. The summed E-state index contributed by atoms with van der Waals surface area (Å²) < 4.78 is 11.8. The van der Waals surface area contributed by atoms with Crippen LogP contribution in [-0.2, 0) is 16.0 Å². The maximum absolute atomic E-state index is 13.4. The van der Waals surface area contributed by atoms with Crippen LogP contribution in [0.3, 0.4) is 0 Å². The van der Waals surface area contributed by atoms with Crippen LogP contribution in [-0.4, -0.2) is 65.5 Å². The van der Waals surface area contributed by atoms with Crippen LogP contribution in [0.4, 0.5) is 0 Å². The van der Waals surface area contributed by atoms with Gasteiger partial charge in [-0.2, -0.15) is 0 Å². The number of ketones is 1. The Balaban J connectivity index is 1.74. The molecule has 204 valence electrons. The average Bonchev–Trinajstić information content (AvgIpc) is 3.39. The van der Waals surface area contributed by atoms with E-state index < -0.39 is 17.7 Å². The third-order valence-corrected chi connectivity index (χ3v) is 7.40. The molecule has 0 bridgehead atoms. The topological polar surface area (TPSA) is 79.3 Å². The summed E-state index contributed by atoms with van der Waals surface area (Å²) in [5.74, 6) is 0.576. The molecule has 0 spiro atoms. The molecule has 2 aliphatic rings. The van der Waals surface area contributed by atoms with Crippen molar-refractivity contribution >= 4 is 17.4 Å². The van der Waals surface area contributed by atoms with E-state index in [1.54, 1.807) is 11.0 Å². The van der Waals surface area contributed by atoms with Crippen LogP contribution in [0.1, 0.15) is 63.8 Å². The fourth-order valence-corrected chi connectivity index (χ4v) is 5.16. The van der Waals surface area contributed by atoms with Crippen molar-refractivity contribution in [1.82, 2.24) is 9.80 Å². The van der Waals surface area contributed by atoms with Crippen molar-refractivity contribution in [3.63, 3.8) is 0 Å². The van der Waals surface area contributed by atoms with E-state index >= 15 is 0 Å². The van der Waals surface area contributed by atoms with Crippen molar-refractivity contribution in [2.45, 2.75) is 59.6 Å². The molecule has 0 radical (unpaired) electrons. The summed E-state index contributed by atoms with van der Waals surface area (Å²) in [6.07, 6.45) is 1.72. The lowest BCUT2D eigenvalue weighted by Crippen LogP contribution is -2.38. The van der Waals surface area contributed by atoms with Gasteiger partial charge in [0.25, 0.3) is 11.7 Å². The van der Waals surface area contributed by atoms with Gasteiger partial charge in [-0.25, -0.2) is 0 Å². The molecule has 2 aromatic carbocycles. The lowest BCUT2D eigenvalue weighted by molar-refractivity contribution is -0.140. The number of hydrogen-bond acceptors (Lipinski definition) is 6. The molecule has 0 unspecified atom stereocenters. The van der Waals surface area contributed by atoms with Crippen molar-refractivity contribution in [2.24, 2.45) is 5.92 Å². The molecule has 0 saturated carbocycles. The fourth-order valence-electron chi connectivity index (χ4n) is 5.16. The number of benzene rings is 2. The van der Waals surface area contributed by atoms with Gasteiger partial charge in [0.15, 0.2) is 0 Å². The van der Waals surface area contributed by atoms with Gasteiger partial charge in [-0.15, -0.1) is 0 Å². The molecule has 7 nitrogen and oxygen atoms in total. The van der Waals surface area contributed by atoms with Gasteiger partial charge in [0.1, 0.15) is 23.4 Å². The molecule has 2 aliphatic heterocycles. The molecule has 1 saturated heterocycles. The molecule has 0 aromatic heterocycles. The molecule has 2 aromatic rings. The van der Waals surface area contributed by atoms with E-state index in [0.717, 1.165) is 42.8 Å². The minimum Gasteiger partial charge on any atom is -0.507 e. The Hall–Kier alpha value is -3.32. The standard InChI is InChI=1S/C31H40N2O5/c1-6-32(7-2)14-15-33-28(22-9-8-10-25(19-22)37-16-13-20(3)4)27(30(35)31(33)36)29(34)23-11-12-26-24(18-23)17-21(5)38-26/h8-12,18-21,28,34H,6-7,13-17H2,1-5H3/t21-,28+/m1/s1. The molecular formula is C31H40N2O5. The van der Waals surface area contributed by atoms with Crippen LogP contribution in [0.15, 0.2) is 48.0 Å². The number of aliphatic hydroxyl groups excluding tert-OH is 1. The van der Waals surface area contributed by atoms with Gasteiger partial charge in [0.05, 0.1) is 18.2 Å². The summed E-state index contributed by atoms with van der Waals surface area (Å²) in [4.78, 5) is 30.6. The second-order valence-corrected chi connectivity index (χ2v) is 10.6. The zero-order valence-corrected chi connectivity index (χ0v) is 23.2. The second kappa shape index (κ2) is 12.0. The molecule has 2 heterocycles. The molecule has 4 rings (SSSR count). The lowest BCUT2D eigenvalue weighted by Gasteiger charge is -2.28. The number of aliphatic hydroxyl groups is 1. The van der Waals surface area contributed by atoms with Gasteiger partial charge in [-0.1, -0.05) is 39.8 Å². The van der Waals surface area contributed by atoms with Gasteiger partial charge in [-0.3, -0.25) is 9.59 Å². The Morgan fingerprint density at radius 1 is 1.16 bits per heavy atom. The van der Waals surface area contributed by atoms with Gasteiger partial charge in [0, 0.05) is 25.1 Å². The highest BCUT2D eigenvalue weighted by Crippen LogP contribution is 2.41. The zero-order valence-electron chi connectivity index (χ0n) is 23.2. The van der Waals surface area contributed by atoms with E-state index in [1.165, 1.54) is 0 Å². The Morgan fingerprint density at radius 3 is 2.63 bits per heavy atom. The van der Waals surface area contributed by atoms with Crippen molar-refractivity contribution in [2.75, 3.05) is 32.8 Å². The number of likely N-dealkylation sites (tertiary alicyclic amines) is 1. The summed E-state index contributed by atoms with van der Waals surface area (Å²) >= 11 is 0. The number of likely N-dealkylation sites (N-methyl/N-ethyl adjacent to an activating group) is 1. The van der Waals surface area contributed by atoms with Crippen molar-refractivity contribution < 1.29 is 24.2 Å². The van der Waals surface area contributed by atoms with Crippen LogP contribution in [0.5, 0.6) is 11.5 Å². The predicted octanol–water partition coefficient (Wildman–Crippen LogP) is 5.20. The first-order chi connectivity index (χ1) is 18.2. The lowest BCUT2D eigenvalue weighted by atomic mass is 9.94. The van der Waals surface area contributed by atoms with E-state index in [-0.39, 0.29) is 17.4 Å². The molecule has 38 heavy (non-hydrogen) atoms. The number of rotatable bonds is 11. The maximum Gasteiger partial charge on any atom is 0.295 e. The van der Waals surface area contributed by atoms with Crippen LogP contribution >= 0.6 is 0 Å². The van der Waals surface area contributed by atoms with Crippen LogP contribution in [0.25, 0.3) is 5.76 Å². The van der Waals surface area contributed by atoms with Gasteiger partial charge >= 0.3 is 0 Å².